The fourth-order valence-electron chi connectivity index (χ4n) is 3.39. The maximum atomic E-state index is 14.2. The molecule has 2 atom stereocenters. The van der Waals surface area contributed by atoms with Crippen LogP contribution in [0.4, 0.5) is 8.78 Å². The first-order valence-electron chi connectivity index (χ1n) is 8.50. The van der Waals surface area contributed by atoms with E-state index in [2.05, 4.69) is 19.2 Å². The largest absolute Gasteiger partial charge is 0.496 e. The molecular formula is C18H27ClF2N2O3. The van der Waals surface area contributed by atoms with Crippen molar-refractivity contribution in [3.8, 4) is 5.75 Å². The van der Waals surface area contributed by atoms with E-state index in [1.807, 2.05) is 4.90 Å². The number of hydrogen-bond donors (Lipinski definition) is 2. The van der Waals surface area contributed by atoms with E-state index < -0.39 is 11.6 Å². The molecule has 0 aliphatic carbocycles. The number of nitrogens with one attached hydrogen (secondary N) is 1. The van der Waals surface area contributed by atoms with Gasteiger partial charge in [0.05, 0.1) is 13.7 Å². The van der Waals surface area contributed by atoms with Crippen molar-refractivity contribution in [1.82, 2.24) is 10.2 Å². The van der Waals surface area contributed by atoms with Gasteiger partial charge in [0.25, 0.3) is 0 Å². The van der Waals surface area contributed by atoms with Gasteiger partial charge in [-0.05, 0) is 24.0 Å². The standard InChI is InChI=1S/C18H26F2N2O3.ClH/c1-11(2)12-8-22(10-15(12)21-17(24)6-7-23)9-13-16(25-3)5-4-14(19)18(13)20;/h4-5,11-12,15,23H,6-10H2,1-3H3,(H,21,24);1H/t12-,15+;/m1./s1. The number of ether oxygens (including phenoxy) is 1. The second kappa shape index (κ2) is 10.0. The van der Waals surface area contributed by atoms with Gasteiger partial charge in [-0.1, -0.05) is 13.8 Å². The molecule has 8 heteroatoms. The number of hydrogen-bond acceptors (Lipinski definition) is 4. The highest BCUT2D eigenvalue weighted by Crippen LogP contribution is 2.30. The number of aliphatic hydroxyl groups is 1. The molecule has 1 aromatic carbocycles. The van der Waals surface area contributed by atoms with Gasteiger partial charge in [-0.15, -0.1) is 12.4 Å². The zero-order chi connectivity index (χ0) is 18.6. The molecule has 1 fully saturated rings. The smallest absolute Gasteiger partial charge is 0.222 e. The molecule has 1 saturated heterocycles. The minimum Gasteiger partial charge on any atom is -0.496 e. The highest BCUT2D eigenvalue weighted by atomic mass is 35.5. The number of benzene rings is 1. The lowest BCUT2D eigenvalue weighted by molar-refractivity contribution is -0.122. The van der Waals surface area contributed by atoms with Gasteiger partial charge >= 0.3 is 0 Å². The first-order valence-corrected chi connectivity index (χ1v) is 8.50. The molecular weight excluding hydrogens is 366 g/mol. The number of aliphatic hydroxyl groups excluding tert-OH is 1. The Hall–Kier alpha value is -1.44. The van der Waals surface area contributed by atoms with Crippen LogP contribution in [-0.2, 0) is 11.3 Å². The minimum absolute atomic E-state index is 0. The fraction of sp³-hybridized carbons (Fsp3) is 0.611. The summed E-state index contributed by atoms with van der Waals surface area (Å²) >= 11 is 0. The van der Waals surface area contributed by atoms with Gasteiger partial charge in [0.15, 0.2) is 11.6 Å². The average Bonchev–Trinajstić information content (AvgIpc) is 2.95. The lowest BCUT2D eigenvalue weighted by atomic mass is 9.91. The van der Waals surface area contributed by atoms with Crippen molar-refractivity contribution >= 4 is 18.3 Å². The monoisotopic (exact) mass is 392 g/mol. The number of carbonyl (C=O) groups is 1. The highest BCUT2D eigenvalue weighted by molar-refractivity contribution is 5.85. The summed E-state index contributed by atoms with van der Waals surface area (Å²) in [6.45, 7) is 5.37. The maximum Gasteiger partial charge on any atom is 0.222 e. The number of carbonyl (C=O) groups excluding carboxylic acids is 1. The Morgan fingerprint density at radius 3 is 2.65 bits per heavy atom. The molecule has 0 saturated carbocycles. The van der Waals surface area contributed by atoms with E-state index in [1.54, 1.807) is 0 Å². The van der Waals surface area contributed by atoms with E-state index in [-0.39, 0.29) is 55.4 Å². The average molecular weight is 393 g/mol. The molecule has 1 aromatic rings. The third kappa shape index (κ3) is 5.28. The van der Waals surface area contributed by atoms with Crippen LogP contribution in [0.2, 0.25) is 0 Å². The van der Waals surface area contributed by atoms with Crippen molar-refractivity contribution in [3.63, 3.8) is 0 Å². The van der Waals surface area contributed by atoms with Crippen LogP contribution in [0.1, 0.15) is 25.8 Å². The number of methoxy groups -OCH3 is 1. The topological polar surface area (TPSA) is 61.8 Å². The molecule has 26 heavy (non-hydrogen) atoms. The molecule has 148 valence electrons. The van der Waals surface area contributed by atoms with Crippen molar-refractivity contribution in [2.45, 2.75) is 32.9 Å². The summed E-state index contributed by atoms with van der Waals surface area (Å²) in [5.74, 6) is -1.16. The van der Waals surface area contributed by atoms with Crippen LogP contribution in [0.25, 0.3) is 0 Å². The zero-order valence-corrected chi connectivity index (χ0v) is 16.1. The number of amides is 1. The fourth-order valence-corrected chi connectivity index (χ4v) is 3.39. The van der Waals surface area contributed by atoms with Crippen LogP contribution in [-0.4, -0.2) is 48.8 Å². The van der Waals surface area contributed by atoms with Crippen molar-refractivity contribution in [1.29, 1.82) is 0 Å². The molecule has 1 amide bonds. The summed E-state index contributed by atoms with van der Waals surface area (Å²) in [4.78, 5) is 13.8. The summed E-state index contributed by atoms with van der Waals surface area (Å²) in [7, 11) is 1.43. The van der Waals surface area contributed by atoms with Gasteiger partial charge in [0.1, 0.15) is 5.75 Å². The van der Waals surface area contributed by atoms with Crippen molar-refractivity contribution in [2.75, 3.05) is 26.8 Å². The Balaban J connectivity index is 0.00000338. The van der Waals surface area contributed by atoms with Crippen molar-refractivity contribution in [3.05, 3.63) is 29.3 Å². The summed E-state index contributed by atoms with van der Waals surface area (Å²) in [6.07, 6.45) is 0.0632. The predicted molar refractivity (Wildman–Crippen MR) is 97.4 cm³/mol. The first-order chi connectivity index (χ1) is 11.9. The summed E-state index contributed by atoms with van der Waals surface area (Å²) in [5, 5.41) is 11.8. The van der Waals surface area contributed by atoms with Gasteiger partial charge in [-0.3, -0.25) is 9.69 Å². The molecule has 0 bridgehead atoms. The van der Waals surface area contributed by atoms with E-state index >= 15 is 0 Å². The van der Waals surface area contributed by atoms with Gasteiger partial charge in [-0.25, -0.2) is 8.78 Å². The lowest BCUT2D eigenvalue weighted by Gasteiger charge is -2.22. The molecule has 0 aromatic heterocycles. The molecule has 2 N–H and O–H groups in total. The van der Waals surface area contributed by atoms with Gasteiger partial charge in [-0.2, -0.15) is 0 Å². The Morgan fingerprint density at radius 2 is 2.08 bits per heavy atom. The van der Waals surface area contributed by atoms with Crippen LogP contribution < -0.4 is 10.1 Å². The van der Waals surface area contributed by atoms with E-state index in [9.17, 15) is 13.6 Å². The maximum absolute atomic E-state index is 14.2. The van der Waals surface area contributed by atoms with E-state index in [4.69, 9.17) is 9.84 Å². The number of likely N-dealkylation sites (tertiary alicyclic amines) is 1. The zero-order valence-electron chi connectivity index (χ0n) is 15.3. The van der Waals surface area contributed by atoms with Gasteiger partial charge < -0.3 is 15.2 Å². The molecule has 1 aliphatic heterocycles. The Bertz CT molecular complexity index is 616. The summed E-state index contributed by atoms with van der Waals surface area (Å²) in [5.41, 5.74) is 0.187. The van der Waals surface area contributed by atoms with Crippen LogP contribution in [0, 0.1) is 23.5 Å². The molecule has 1 heterocycles. The molecule has 2 rings (SSSR count). The van der Waals surface area contributed by atoms with Crippen molar-refractivity contribution < 1.29 is 23.4 Å². The predicted octanol–water partition coefficient (Wildman–Crippen LogP) is 2.35. The van der Waals surface area contributed by atoms with E-state index in [0.717, 1.165) is 6.07 Å². The van der Waals surface area contributed by atoms with Crippen LogP contribution in [0.3, 0.4) is 0 Å². The van der Waals surface area contributed by atoms with Gasteiger partial charge in [0, 0.05) is 37.7 Å². The quantitative estimate of drug-likeness (QED) is 0.747. The number of rotatable bonds is 7. The number of nitrogens with zero attached hydrogens (tertiary/aromatic N) is 1. The molecule has 5 nitrogen and oxygen atoms in total. The Morgan fingerprint density at radius 1 is 1.38 bits per heavy atom. The number of halogens is 3. The third-order valence-corrected chi connectivity index (χ3v) is 4.74. The highest BCUT2D eigenvalue weighted by Gasteiger charge is 2.36. The second-order valence-electron chi connectivity index (χ2n) is 6.79. The van der Waals surface area contributed by atoms with E-state index in [0.29, 0.717) is 24.8 Å². The third-order valence-electron chi connectivity index (χ3n) is 4.74. The normalized spacial score (nSPS) is 20.1. The van der Waals surface area contributed by atoms with E-state index in [1.165, 1.54) is 13.2 Å². The van der Waals surface area contributed by atoms with Crippen LogP contribution >= 0.6 is 12.4 Å². The summed E-state index contributed by atoms with van der Waals surface area (Å²) < 4.78 is 32.9. The van der Waals surface area contributed by atoms with Gasteiger partial charge in [0.2, 0.25) is 5.91 Å². The van der Waals surface area contributed by atoms with Crippen LogP contribution in [0.5, 0.6) is 5.75 Å². The molecule has 0 radical (unpaired) electrons. The Kier molecular flexibility index (Phi) is 8.73. The molecule has 0 unspecified atom stereocenters. The minimum atomic E-state index is -0.900. The lowest BCUT2D eigenvalue weighted by Crippen LogP contribution is -2.42. The first kappa shape index (κ1) is 22.6. The SMILES string of the molecule is COc1ccc(F)c(F)c1CN1C[C@H](NC(=O)CCO)[C@@H](C(C)C)C1.Cl. The van der Waals surface area contributed by atoms with Crippen LogP contribution in [0.15, 0.2) is 12.1 Å². The van der Waals surface area contributed by atoms with Crippen molar-refractivity contribution in [2.24, 2.45) is 11.8 Å². The molecule has 0 spiro atoms. The molecule has 1 aliphatic rings. The summed E-state index contributed by atoms with van der Waals surface area (Å²) in [6, 6.07) is 2.39. The Labute approximate surface area is 159 Å². The second-order valence-corrected chi connectivity index (χ2v) is 6.79.